The lowest BCUT2D eigenvalue weighted by atomic mass is 9.76. The number of benzene rings is 2. The minimum absolute atomic E-state index is 0.245. The Morgan fingerprint density at radius 2 is 1.89 bits per heavy atom. The molecular formula is C17H15N. The Labute approximate surface area is 108 Å². The third kappa shape index (κ3) is 1.71. The quantitative estimate of drug-likeness (QED) is 0.731. The van der Waals surface area contributed by atoms with Crippen molar-refractivity contribution in [1.29, 1.82) is 5.26 Å². The van der Waals surface area contributed by atoms with E-state index in [0.29, 0.717) is 6.42 Å². The fourth-order valence-electron chi connectivity index (χ4n) is 2.92. The normalized spacial score (nSPS) is 16.6. The molecule has 0 fully saturated rings. The van der Waals surface area contributed by atoms with Crippen LogP contribution in [0, 0.1) is 18.3 Å². The van der Waals surface area contributed by atoms with Crippen LogP contribution in [0.1, 0.15) is 40.2 Å². The Kier molecular flexibility index (Phi) is 2.64. The molecule has 0 radical (unpaired) electrons. The van der Waals surface area contributed by atoms with E-state index >= 15 is 0 Å². The van der Waals surface area contributed by atoms with E-state index in [1.807, 2.05) is 0 Å². The molecule has 1 nitrogen and oxygen atoms in total. The highest BCUT2D eigenvalue weighted by molar-refractivity contribution is 5.50. The van der Waals surface area contributed by atoms with Crippen LogP contribution in [0.3, 0.4) is 0 Å². The summed E-state index contributed by atoms with van der Waals surface area (Å²) in [5.41, 5.74) is 6.69. The average Bonchev–Trinajstić information content (AvgIpc) is 2.39. The van der Waals surface area contributed by atoms with Gasteiger partial charge in [0.1, 0.15) is 0 Å². The lowest BCUT2D eigenvalue weighted by molar-refractivity contribution is 0.784. The number of nitriles is 1. The second-order valence-electron chi connectivity index (χ2n) is 4.99. The predicted octanol–water partition coefficient (Wildman–Crippen LogP) is 3.94. The van der Waals surface area contributed by atoms with E-state index in [0.717, 1.165) is 6.42 Å². The van der Waals surface area contributed by atoms with E-state index < -0.39 is 0 Å². The van der Waals surface area contributed by atoms with Gasteiger partial charge in [-0.1, -0.05) is 48.0 Å². The third-order valence-electron chi connectivity index (χ3n) is 3.78. The molecule has 0 aromatic heterocycles. The van der Waals surface area contributed by atoms with Crippen LogP contribution in [-0.4, -0.2) is 0 Å². The van der Waals surface area contributed by atoms with Crippen molar-refractivity contribution >= 4 is 0 Å². The molecule has 3 rings (SSSR count). The van der Waals surface area contributed by atoms with Crippen molar-refractivity contribution in [2.45, 2.75) is 25.7 Å². The second kappa shape index (κ2) is 4.31. The molecule has 1 atom stereocenters. The molecule has 0 unspecified atom stereocenters. The summed E-state index contributed by atoms with van der Waals surface area (Å²) in [6, 6.07) is 17.5. The van der Waals surface area contributed by atoms with Crippen molar-refractivity contribution < 1.29 is 0 Å². The van der Waals surface area contributed by atoms with Crippen LogP contribution in [-0.2, 0) is 6.42 Å². The first-order chi connectivity index (χ1) is 8.79. The van der Waals surface area contributed by atoms with Gasteiger partial charge in [0.2, 0.25) is 0 Å². The first-order valence-corrected chi connectivity index (χ1v) is 6.34. The van der Waals surface area contributed by atoms with Crippen LogP contribution in [0.5, 0.6) is 0 Å². The molecule has 2 aromatic rings. The van der Waals surface area contributed by atoms with Crippen molar-refractivity contribution in [2.75, 3.05) is 0 Å². The minimum atomic E-state index is 0.245. The van der Waals surface area contributed by atoms with Crippen LogP contribution < -0.4 is 0 Å². The highest BCUT2D eigenvalue weighted by Gasteiger charge is 2.24. The van der Waals surface area contributed by atoms with Crippen molar-refractivity contribution in [3.63, 3.8) is 0 Å². The number of hydrogen-bond acceptors (Lipinski definition) is 1. The van der Waals surface area contributed by atoms with E-state index in [2.05, 4.69) is 55.5 Å². The van der Waals surface area contributed by atoms with Crippen molar-refractivity contribution in [3.05, 3.63) is 70.3 Å². The zero-order chi connectivity index (χ0) is 12.5. The molecule has 88 valence electrons. The minimum Gasteiger partial charge on any atom is -0.198 e. The van der Waals surface area contributed by atoms with Gasteiger partial charge in [-0.25, -0.2) is 0 Å². The fourth-order valence-corrected chi connectivity index (χ4v) is 2.92. The Balaban J connectivity index is 2.18. The zero-order valence-electron chi connectivity index (χ0n) is 10.5. The molecule has 1 aliphatic rings. The fraction of sp³-hybridized carbons (Fsp3) is 0.235. The lowest BCUT2D eigenvalue weighted by Gasteiger charge is -2.27. The first kappa shape index (κ1) is 11.0. The summed E-state index contributed by atoms with van der Waals surface area (Å²) in [4.78, 5) is 0. The van der Waals surface area contributed by atoms with Gasteiger partial charge in [-0.3, -0.25) is 0 Å². The van der Waals surface area contributed by atoms with E-state index in [-0.39, 0.29) is 5.92 Å². The third-order valence-corrected chi connectivity index (χ3v) is 3.78. The monoisotopic (exact) mass is 233 g/mol. The van der Waals surface area contributed by atoms with Crippen LogP contribution >= 0.6 is 0 Å². The van der Waals surface area contributed by atoms with E-state index in [4.69, 9.17) is 5.26 Å². The summed E-state index contributed by atoms with van der Waals surface area (Å²) in [5.74, 6) is 0.245. The van der Waals surface area contributed by atoms with Gasteiger partial charge in [0.05, 0.1) is 6.07 Å². The zero-order valence-corrected chi connectivity index (χ0v) is 10.5. The van der Waals surface area contributed by atoms with Gasteiger partial charge >= 0.3 is 0 Å². The van der Waals surface area contributed by atoms with Crippen LogP contribution in [0.25, 0.3) is 0 Å². The predicted molar refractivity (Wildman–Crippen MR) is 72.5 cm³/mol. The summed E-state index contributed by atoms with van der Waals surface area (Å²) in [6.07, 6.45) is 1.56. The first-order valence-electron chi connectivity index (χ1n) is 6.34. The Morgan fingerprint density at radius 3 is 2.72 bits per heavy atom. The smallest absolute Gasteiger partial charge is 0.0631 e. The van der Waals surface area contributed by atoms with Crippen molar-refractivity contribution in [2.24, 2.45) is 0 Å². The molecule has 0 heterocycles. The molecule has 18 heavy (non-hydrogen) atoms. The Hall–Kier alpha value is -2.07. The molecule has 0 aliphatic heterocycles. The molecule has 0 saturated heterocycles. The highest BCUT2D eigenvalue weighted by Crippen LogP contribution is 2.38. The van der Waals surface area contributed by atoms with Gasteiger partial charge in [0.15, 0.2) is 0 Å². The molecular weight excluding hydrogens is 218 g/mol. The van der Waals surface area contributed by atoms with E-state index in [1.54, 1.807) is 0 Å². The molecule has 0 amide bonds. The van der Waals surface area contributed by atoms with Gasteiger partial charge in [0, 0.05) is 12.3 Å². The highest BCUT2D eigenvalue weighted by atomic mass is 14.3. The number of nitrogens with zero attached hydrogens (tertiary/aromatic N) is 1. The summed E-state index contributed by atoms with van der Waals surface area (Å²) < 4.78 is 0. The molecule has 0 saturated carbocycles. The van der Waals surface area contributed by atoms with Crippen LogP contribution in [0.15, 0.2) is 42.5 Å². The van der Waals surface area contributed by atoms with Crippen molar-refractivity contribution in [1.82, 2.24) is 0 Å². The van der Waals surface area contributed by atoms with Gasteiger partial charge in [-0.05, 0) is 35.6 Å². The van der Waals surface area contributed by atoms with Crippen LogP contribution in [0.2, 0.25) is 0 Å². The van der Waals surface area contributed by atoms with Gasteiger partial charge in [0.25, 0.3) is 0 Å². The van der Waals surface area contributed by atoms with Gasteiger partial charge < -0.3 is 0 Å². The topological polar surface area (TPSA) is 23.8 Å². The number of rotatable bonds is 1. The maximum absolute atomic E-state index is 9.09. The summed E-state index contributed by atoms with van der Waals surface area (Å²) in [5, 5.41) is 9.09. The molecule has 1 heteroatoms. The summed E-state index contributed by atoms with van der Waals surface area (Å²) in [7, 11) is 0. The van der Waals surface area contributed by atoms with Gasteiger partial charge in [-0.15, -0.1) is 0 Å². The molecule has 0 N–H and O–H groups in total. The molecule has 1 aliphatic carbocycles. The Bertz CT molecular complexity index is 634. The molecule has 0 bridgehead atoms. The number of fused-ring (bicyclic) bond motifs is 2. The Morgan fingerprint density at radius 1 is 1.11 bits per heavy atom. The lowest BCUT2D eigenvalue weighted by Crippen LogP contribution is -2.13. The molecule has 0 spiro atoms. The number of hydrogen-bond donors (Lipinski definition) is 0. The SMILES string of the molecule is Cc1ccc2c(c1)[C@H](CC#N)c1ccccc1C2. The van der Waals surface area contributed by atoms with Gasteiger partial charge in [-0.2, -0.15) is 5.26 Å². The average molecular weight is 233 g/mol. The van der Waals surface area contributed by atoms with E-state index in [1.165, 1.54) is 27.8 Å². The maximum atomic E-state index is 9.09. The summed E-state index contributed by atoms with van der Waals surface area (Å²) >= 11 is 0. The van der Waals surface area contributed by atoms with Crippen molar-refractivity contribution in [3.8, 4) is 6.07 Å². The maximum Gasteiger partial charge on any atom is 0.0631 e. The molecule has 2 aromatic carbocycles. The second-order valence-corrected chi connectivity index (χ2v) is 4.99. The number of aryl methyl sites for hydroxylation is 1. The van der Waals surface area contributed by atoms with E-state index in [9.17, 15) is 0 Å². The largest absolute Gasteiger partial charge is 0.198 e. The standard InChI is InChI=1S/C17H15N/c1-12-6-7-14-11-13-4-2-3-5-15(13)16(8-9-18)17(14)10-12/h2-7,10,16H,8,11H2,1H3/t16-/m1/s1. The van der Waals surface area contributed by atoms with Crippen LogP contribution in [0.4, 0.5) is 0 Å². The summed E-state index contributed by atoms with van der Waals surface area (Å²) in [6.45, 7) is 2.12.